The maximum absolute atomic E-state index is 12.5. The molecule has 0 aromatic carbocycles. The smallest absolute Gasteiger partial charge is 0.254 e. The van der Waals surface area contributed by atoms with Gasteiger partial charge in [-0.05, 0) is 13.8 Å². The van der Waals surface area contributed by atoms with E-state index in [0.717, 1.165) is 5.75 Å². The molecule has 1 amide bonds. The standard InChI is InChI=1S/C14H19N3O3S/c1-9-6-16(7-10(2)20-9)13(19)5-11-8-21-14-15-4-3-12(18)17(11)14/h3-4,9-11H,5-8H2,1-2H3/t9-,10+,11-/m0/s1. The lowest BCUT2D eigenvalue weighted by Gasteiger charge is -2.35. The van der Waals surface area contributed by atoms with E-state index in [4.69, 9.17) is 4.74 Å². The van der Waals surface area contributed by atoms with E-state index < -0.39 is 0 Å². The van der Waals surface area contributed by atoms with Gasteiger partial charge in [0.15, 0.2) is 5.16 Å². The summed E-state index contributed by atoms with van der Waals surface area (Å²) in [6.07, 6.45) is 2.00. The van der Waals surface area contributed by atoms with Crippen LogP contribution in [0.15, 0.2) is 22.2 Å². The van der Waals surface area contributed by atoms with Gasteiger partial charge in [-0.15, -0.1) is 0 Å². The quantitative estimate of drug-likeness (QED) is 0.760. The zero-order valence-corrected chi connectivity index (χ0v) is 13.0. The summed E-state index contributed by atoms with van der Waals surface area (Å²) in [7, 11) is 0. The van der Waals surface area contributed by atoms with Gasteiger partial charge >= 0.3 is 0 Å². The summed E-state index contributed by atoms with van der Waals surface area (Å²) in [5.74, 6) is 0.819. The first kappa shape index (κ1) is 14.6. The Hall–Kier alpha value is -1.34. The zero-order valence-electron chi connectivity index (χ0n) is 12.2. The van der Waals surface area contributed by atoms with Gasteiger partial charge in [0.05, 0.1) is 18.2 Å². The highest BCUT2D eigenvalue weighted by atomic mass is 32.2. The molecule has 0 spiro atoms. The van der Waals surface area contributed by atoms with Crippen molar-refractivity contribution < 1.29 is 9.53 Å². The lowest BCUT2D eigenvalue weighted by Crippen LogP contribution is -2.48. The molecule has 2 aliphatic heterocycles. The summed E-state index contributed by atoms with van der Waals surface area (Å²) in [5, 5.41) is 0.712. The van der Waals surface area contributed by atoms with E-state index in [1.807, 2.05) is 18.7 Å². The minimum absolute atomic E-state index is 0.0623. The predicted molar refractivity (Wildman–Crippen MR) is 79.5 cm³/mol. The van der Waals surface area contributed by atoms with E-state index in [9.17, 15) is 9.59 Å². The number of morpholine rings is 1. The van der Waals surface area contributed by atoms with Crippen LogP contribution < -0.4 is 5.56 Å². The van der Waals surface area contributed by atoms with Crippen molar-refractivity contribution in [2.45, 2.75) is 43.7 Å². The SMILES string of the molecule is C[C@@H]1CN(C(=O)C[C@H]2CSc3nccc(=O)n32)C[C@H](C)O1. The van der Waals surface area contributed by atoms with Crippen LogP contribution in [0, 0.1) is 0 Å². The van der Waals surface area contributed by atoms with Crippen LogP contribution >= 0.6 is 11.8 Å². The third-order valence-electron chi connectivity index (χ3n) is 3.80. The summed E-state index contributed by atoms with van der Waals surface area (Å²) < 4.78 is 7.30. The topological polar surface area (TPSA) is 64.4 Å². The van der Waals surface area contributed by atoms with E-state index >= 15 is 0 Å². The van der Waals surface area contributed by atoms with Gasteiger partial charge in [0, 0.05) is 37.5 Å². The molecule has 1 fully saturated rings. The zero-order chi connectivity index (χ0) is 15.0. The Morgan fingerprint density at radius 2 is 2.14 bits per heavy atom. The molecule has 0 saturated carbocycles. The van der Waals surface area contributed by atoms with Crippen LogP contribution in [-0.4, -0.2) is 51.4 Å². The summed E-state index contributed by atoms with van der Waals surface area (Å²) in [4.78, 5) is 30.5. The van der Waals surface area contributed by atoms with Gasteiger partial charge < -0.3 is 9.64 Å². The van der Waals surface area contributed by atoms with Crippen LogP contribution in [0.4, 0.5) is 0 Å². The minimum Gasteiger partial charge on any atom is -0.372 e. The molecule has 0 bridgehead atoms. The molecule has 21 heavy (non-hydrogen) atoms. The number of nitrogens with zero attached hydrogens (tertiary/aromatic N) is 3. The largest absolute Gasteiger partial charge is 0.372 e. The Morgan fingerprint density at radius 1 is 1.43 bits per heavy atom. The second-order valence-electron chi connectivity index (χ2n) is 5.66. The van der Waals surface area contributed by atoms with E-state index in [2.05, 4.69) is 4.98 Å². The minimum atomic E-state index is -0.0906. The fourth-order valence-corrected chi connectivity index (χ4v) is 4.07. The van der Waals surface area contributed by atoms with Crippen molar-refractivity contribution in [3.05, 3.63) is 22.6 Å². The first-order valence-electron chi connectivity index (χ1n) is 7.18. The highest BCUT2D eigenvalue weighted by Gasteiger charge is 2.31. The van der Waals surface area contributed by atoms with Crippen LogP contribution in [0.5, 0.6) is 0 Å². The van der Waals surface area contributed by atoms with Gasteiger partial charge in [-0.1, -0.05) is 11.8 Å². The lowest BCUT2D eigenvalue weighted by atomic mass is 10.1. The highest BCUT2D eigenvalue weighted by Crippen LogP contribution is 2.32. The third-order valence-corrected chi connectivity index (χ3v) is 4.91. The Labute approximate surface area is 127 Å². The van der Waals surface area contributed by atoms with Crippen LogP contribution in [0.25, 0.3) is 0 Å². The number of thioether (sulfide) groups is 1. The molecule has 3 atom stereocenters. The van der Waals surface area contributed by atoms with Gasteiger partial charge in [0.2, 0.25) is 5.91 Å². The molecule has 0 unspecified atom stereocenters. The number of fused-ring (bicyclic) bond motifs is 1. The molecule has 1 aromatic heterocycles. The van der Waals surface area contributed by atoms with E-state index in [1.54, 1.807) is 4.57 Å². The predicted octanol–water partition coefficient (Wildman–Crippen LogP) is 0.916. The average molecular weight is 309 g/mol. The number of amides is 1. The van der Waals surface area contributed by atoms with Gasteiger partial charge in [-0.2, -0.15) is 0 Å². The molecular formula is C14H19N3O3S. The number of carbonyl (C=O) groups is 1. The van der Waals surface area contributed by atoms with E-state index in [1.165, 1.54) is 24.0 Å². The molecule has 3 rings (SSSR count). The fourth-order valence-electron chi connectivity index (χ4n) is 2.95. The summed E-state index contributed by atoms with van der Waals surface area (Å²) >= 11 is 1.54. The van der Waals surface area contributed by atoms with Crippen LogP contribution in [0.1, 0.15) is 26.3 Å². The third kappa shape index (κ3) is 2.98. The van der Waals surface area contributed by atoms with Crippen LogP contribution in [0.3, 0.4) is 0 Å². The molecule has 6 nitrogen and oxygen atoms in total. The molecule has 114 valence electrons. The van der Waals surface area contributed by atoms with Crippen molar-refractivity contribution in [3.63, 3.8) is 0 Å². The van der Waals surface area contributed by atoms with Crippen molar-refractivity contribution >= 4 is 17.7 Å². The van der Waals surface area contributed by atoms with Gasteiger partial charge in [-0.3, -0.25) is 14.2 Å². The van der Waals surface area contributed by atoms with Crippen molar-refractivity contribution in [3.8, 4) is 0 Å². The van der Waals surface area contributed by atoms with Gasteiger partial charge in [0.25, 0.3) is 5.56 Å². The number of aromatic nitrogens is 2. The van der Waals surface area contributed by atoms with Crippen molar-refractivity contribution in [1.82, 2.24) is 14.5 Å². The Morgan fingerprint density at radius 3 is 2.86 bits per heavy atom. The molecule has 0 radical (unpaired) electrons. The monoisotopic (exact) mass is 309 g/mol. The van der Waals surface area contributed by atoms with Crippen molar-refractivity contribution in [2.24, 2.45) is 0 Å². The average Bonchev–Trinajstić information content (AvgIpc) is 2.82. The van der Waals surface area contributed by atoms with E-state index in [0.29, 0.717) is 24.7 Å². The maximum atomic E-state index is 12.5. The number of carbonyl (C=O) groups excluding carboxylic acids is 1. The first-order chi connectivity index (χ1) is 10.0. The number of hydrogen-bond donors (Lipinski definition) is 0. The van der Waals surface area contributed by atoms with Crippen LogP contribution in [0.2, 0.25) is 0 Å². The second kappa shape index (κ2) is 5.81. The number of rotatable bonds is 2. The first-order valence-corrected chi connectivity index (χ1v) is 8.16. The normalized spacial score (nSPS) is 28.5. The van der Waals surface area contributed by atoms with Crippen LogP contribution in [-0.2, 0) is 9.53 Å². The molecule has 3 heterocycles. The Kier molecular flexibility index (Phi) is 4.03. The van der Waals surface area contributed by atoms with Gasteiger partial charge in [0.1, 0.15) is 0 Å². The Bertz CT molecular complexity index is 593. The molecule has 2 aliphatic rings. The van der Waals surface area contributed by atoms with Gasteiger partial charge in [-0.25, -0.2) is 4.98 Å². The fraction of sp³-hybridized carbons (Fsp3) is 0.643. The van der Waals surface area contributed by atoms with Crippen molar-refractivity contribution in [1.29, 1.82) is 0 Å². The summed E-state index contributed by atoms with van der Waals surface area (Å²) in [5.41, 5.74) is -0.0773. The lowest BCUT2D eigenvalue weighted by molar-refractivity contribution is -0.143. The van der Waals surface area contributed by atoms with Crippen molar-refractivity contribution in [2.75, 3.05) is 18.8 Å². The number of hydrogen-bond acceptors (Lipinski definition) is 5. The Balaban J connectivity index is 1.71. The number of ether oxygens (including phenoxy) is 1. The summed E-state index contributed by atoms with van der Waals surface area (Å²) in [6, 6.07) is 1.36. The summed E-state index contributed by atoms with van der Waals surface area (Å²) in [6.45, 7) is 5.20. The second-order valence-corrected chi connectivity index (χ2v) is 6.65. The molecular weight excluding hydrogens is 290 g/mol. The van der Waals surface area contributed by atoms with E-state index in [-0.39, 0.29) is 29.7 Å². The maximum Gasteiger partial charge on any atom is 0.254 e. The highest BCUT2D eigenvalue weighted by molar-refractivity contribution is 7.99. The molecule has 1 aromatic rings. The molecule has 0 aliphatic carbocycles. The molecule has 1 saturated heterocycles. The molecule has 7 heteroatoms. The molecule has 0 N–H and O–H groups in total.